The average Bonchev–Trinajstić information content (AvgIpc) is 2.71. The summed E-state index contributed by atoms with van der Waals surface area (Å²) in [6.07, 6.45) is 1.16. The minimum absolute atomic E-state index is 0.000322. The van der Waals surface area contributed by atoms with Gasteiger partial charge in [0.25, 0.3) is 0 Å². The molecule has 2 aromatic rings. The van der Waals surface area contributed by atoms with Crippen LogP contribution in [0, 0.1) is 5.82 Å². The van der Waals surface area contributed by atoms with E-state index in [-0.39, 0.29) is 18.0 Å². The largest absolute Gasteiger partial charge is 0.503 e. The van der Waals surface area contributed by atoms with Crippen LogP contribution in [0.2, 0.25) is 0 Å². The summed E-state index contributed by atoms with van der Waals surface area (Å²) in [5.41, 5.74) is 2.46. The maximum atomic E-state index is 13.2. The summed E-state index contributed by atoms with van der Waals surface area (Å²) < 4.78 is 18.0. The summed E-state index contributed by atoms with van der Waals surface area (Å²) >= 11 is 0. The monoisotopic (exact) mass is 400 g/mol. The van der Waals surface area contributed by atoms with E-state index in [4.69, 9.17) is 14.4 Å². The molecule has 0 aliphatic rings. The van der Waals surface area contributed by atoms with Crippen molar-refractivity contribution in [1.82, 2.24) is 0 Å². The van der Waals surface area contributed by atoms with Gasteiger partial charge in [0.2, 0.25) is 0 Å². The van der Waals surface area contributed by atoms with Gasteiger partial charge in [-0.1, -0.05) is 34.6 Å². The van der Waals surface area contributed by atoms with Gasteiger partial charge >= 0.3 is 5.97 Å². The highest BCUT2D eigenvalue weighted by Crippen LogP contribution is 2.21. The Morgan fingerprint density at radius 2 is 1.79 bits per heavy atom. The molecule has 29 heavy (non-hydrogen) atoms. The van der Waals surface area contributed by atoms with E-state index in [9.17, 15) is 14.3 Å². The average molecular weight is 400 g/mol. The molecule has 0 bridgehead atoms. The Labute approximate surface area is 167 Å². The summed E-state index contributed by atoms with van der Waals surface area (Å²) in [6.45, 7) is 1.69. The lowest BCUT2D eigenvalue weighted by atomic mass is 10.0. The molecule has 2 aromatic carbocycles. The van der Waals surface area contributed by atoms with Crippen LogP contribution in [0.4, 0.5) is 4.39 Å². The molecular formula is C21H21FN2O5. The van der Waals surface area contributed by atoms with E-state index >= 15 is 0 Å². The molecule has 2 rings (SSSR count). The summed E-state index contributed by atoms with van der Waals surface area (Å²) in [5.74, 6) is -1.49. The van der Waals surface area contributed by atoms with Gasteiger partial charge in [0.05, 0.1) is 13.4 Å². The van der Waals surface area contributed by atoms with Crippen molar-refractivity contribution in [2.45, 2.75) is 13.5 Å². The predicted octanol–water partition coefficient (Wildman–Crippen LogP) is 3.84. The van der Waals surface area contributed by atoms with Crippen LogP contribution in [-0.4, -0.2) is 36.7 Å². The van der Waals surface area contributed by atoms with Crippen LogP contribution in [-0.2, 0) is 25.8 Å². The second-order valence-corrected chi connectivity index (χ2v) is 5.81. The minimum atomic E-state index is -1.12. The molecule has 0 spiro atoms. The molecule has 0 aromatic heterocycles. The molecule has 152 valence electrons. The van der Waals surface area contributed by atoms with Gasteiger partial charge in [-0.05, 0) is 36.8 Å². The molecule has 0 saturated carbocycles. The van der Waals surface area contributed by atoms with Gasteiger partial charge in [-0.2, -0.15) is 0 Å². The zero-order valence-electron chi connectivity index (χ0n) is 16.3. The van der Waals surface area contributed by atoms with E-state index < -0.39 is 5.97 Å². The fourth-order valence-electron chi connectivity index (χ4n) is 2.52. The number of nitrogens with zero attached hydrogens (tertiary/aromatic N) is 2. The van der Waals surface area contributed by atoms with Crippen molar-refractivity contribution >= 4 is 23.0 Å². The van der Waals surface area contributed by atoms with Crippen LogP contribution in [0.1, 0.15) is 23.6 Å². The maximum Gasteiger partial charge on any atom is 0.339 e. The number of aliphatic carboxylic acids is 1. The third-order valence-electron chi connectivity index (χ3n) is 3.84. The number of carboxylic acids is 1. The van der Waals surface area contributed by atoms with Crippen LogP contribution < -0.4 is 0 Å². The number of carbonyl (C=O) groups is 1. The Morgan fingerprint density at radius 3 is 2.41 bits per heavy atom. The van der Waals surface area contributed by atoms with Crippen molar-refractivity contribution in [3.8, 4) is 0 Å². The SMILES string of the molecule is COC=C(C(=O)O)c1ccccc1CON=C(C)C(=NOC)c1ccc(F)cc1. The molecule has 0 amide bonds. The smallest absolute Gasteiger partial charge is 0.339 e. The van der Waals surface area contributed by atoms with Gasteiger partial charge in [-0.3, -0.25) is 0 Å². The Hall–Kier alpha value is -3.68. The van der Waals surface area contributed by atoms with E-state index in [1.54, 1.807) is 43.3 Å². The van der Waals surface area contributed by atoms with Crippen molar-refractivity contribution in [1.29, 1.82) is 0 Å². The number of carboxylic acid groups (broad SMARTS) is 1. The molecular weight excluding hydrogens is 379 g/mol. The molecule has 0 radical (unpaired) electrons. The molecule has 0 heterocycles. The third kappa shape index (κ3) is 5.90. The lowest BCUT2D eigenvalue weighted by Crippen LogP contribution is -2.13. The zero-order valence-corrected chi connectivity index (χ0v) is 16.3. The van der Waals surface area contributed by atoms with Crippen LogP contribution in [0.25, 0.3) is 5.57 Å². The first-order valence-corrected chi connectivity index (χ1v) is 8.56. The lowest BCUT2D eigenvalue weighted by Gasteiger charge is -2.10. The topological polar surface area (TPSA) is 89.7 Å². The van der Waals surface area contributed by atoms with Crippen molar-refractivity contribution in [2.75, 3.05) is 14.2 Å². The van der Waals surface area contributed by atoms with Crippen molar-refractivity contribution in [3.05, 3.63) is 77.3 Å². The third-order valence-corrected chi connectivity index (χ3v) is 3.84. The quantitative estimate of drug-likeness (QED) is 0.299. The van der Waals surface area contributed by atoms with E-state index in [0.717, 1.165) is 6.26 Å². The summed E-state index contributed by atoms with van der Waals surface area (Å²) in [5, 5.41) is 17.4. The predicted molar refractivity (Wildman–Crippen MR) is 107 cm³/mol. The number of hydrogen-bond donors (Lipinski definition) is 1. The van der Waals surface area contributed by atoms with Crippen LogP contribution >= 0.6 is 0 Å². The highest BCUT2D eigenvalue weighted by molar-refractivity contribution is 6.47. The van der Waals surface area contributed by atoms with Crippen LogP contribution in [0.5, 0.6) is 0 Å². The molecule has 8 heteroatoms. The molecule has 0 unspecified atom stereocenters. The second kappa shape index (κ2) is 10.6. The van der Waals surface area contributed by atoms with E-state index in [2.05, 4.69) is 10.3 Å². The van der Waals surface area contributed by atoms with Gasteiger partial charge in [0.15, 0.2) is 0 Å². The Morgan fingerprint density at radius 1 is 1.10 bits per heavy atom. The minimum Gasteiger partial charge on any atom is -0.503 e. The molecule has 7 nitrogen and oxygen atoms in total. The molecule has 1 N–H and O–H groups in total. The summed E-state index contributed by atoms with van der Waals surface area (Å²) in [7, 11) is 2.77. The Bertz CT molecular complexity index is 936. The molecule has 0 aliphatic carbocycles. The van der Waals surface area contributed by atoms with Crippen molar-refractivity contribution < 1.29 is 28.7 Å². The number of halogens is 1. The lowest BCUT2D eigenvalue weighted by molar-refractivity contribution is -0.130. The second-order valence-electron chi connectivity index (χ2n) is 5.81. The number of oxime groups is 2. The first-order chi connectivity index (χ1) is 14.0. The van der Waals surface area contributed by atoms with Gasteiger partial charge in [0, 0.05) is 11.1 Å². The number of benzene rings is 2. The van der Waals surface area contributed by atoms with Crippen LogP contribution in [0.3, 0.4) is 0 Å². The number of methoxy groups -OCH3 is 1. The number of hydrogen-bond acceptors (Lipinski definition) is 6. The summed E-state index contributed by atoms with van der Waals surface area (Å²) in [6, 6.07) is 12.6. The normalized spacial score (nSPS) is 12.5. The van der Waals surface area contributed by atoms with Gasteiger partial charge in [-0.25, -0.2) is 9.18 Å². The molecule has 0 atom stereocenters. The standard InChI is InChI=1S/C21H21FN2O5/c1-14(20(24-28-3)15-8-10-17(22)11-9-15)23-29-12-16-6-4-5-7-18(16)19(13-27-2)21(25)26/h4-11,13H,12H2,1-3H3,(H,25,26). The van der Waals surface area contributed by atoms with Crippen molar-refractivity contribution in [3.63, 3.8) is 0 Å². The van der Waals surface area contributed by atoms with Crippen molar-refractivity contribution in [2.24, 2.45) is 10.3 Å². The molecule has 0 fully saturated rings. The molecule has 0 aliphatic heterocycles. The van der Waals surface area contributed by atoms with Gasteiger partial charge in [-0.15, -0.1) is 0 Å². The highest BCUT2D eigenvalue weighted by Gasteiger charge is 2.15. The van der Waals surface area contributed by atoms with E-state index in [1.165, 1.54) is 26.4 Å². The van der Waals surface area contributed by atoms with Gasteiger partial charge in [0.1, 0.15) is 36.5 Å². The number of rotatable bonds is 9. The first-order valence-electron chi connectivity index (χ1n) is 8.56. The highest BCUT2D eigenvalue weighted by atomic mass is 19.1. The zero-order chi connectivity index (χ0) is 21.2. The molecule has 0 saturated heterocycles. The Kier molecular flexibility index (Phi) is 7.90. The van der Waals surface area contributed by atoms with E-state index in [1.807, 2.05) is 0 Å². The van der Waals surface area contributed by atoms with Gasteiger partial charge < -0.3 is 19.5 Å². The van der Waals surface area contributed by atoms with E-state index in [0.29, 0.717) is 28.1 Å². The van der Waals surface area contributed by atoms with Crippen LogP contribution in [0.15, 0.2) is 65.1 Å². The Balaban J connectivity index is 2.22. The number of ether oxygens (including phenoxy) is 1. The first kappa shape index (κ1) is 21.6. The maximum absolute atomic E-state index is 13.2. The fraction of sp³-hybridized carbons (Fsp3) is 0.190. The summed E-state index contributed by atoms with van der Waals surface area (Å²) in [4.78, 5) is 21.8. The fourth-order valence-corrected chi connectivity index (χ4v) is 2.52.